The smallest absolute Gasteiger partial charge is 0.322 e. The molecule has 1 aliphatic rings. The van der Waals surface area contributed by atoms with Gasteiger partial charge in [-0.2, -0.15) is 0 Å². The van der Waals surface area contributed by atoms with Gasteiger partial charge in [0.2, 0.25) is 0 Å². The van der Waals surface area contributed by atoms with Gasteiger partial charge in [-0.05, 0) is 18.2 Å². The van der Waals surface area contributed by atoms with Crippen LogP contribution in [-0.4, -0.2) is 35.2 Å². The minimum atomic E-state index is -0.428. The number of benzene rings is 1. The normalized spacial score (nSPS) is 16.0. The van der Waals surface area contributed by atoms with Gasteiger partial charge >= 0.3 is 6.03 Å². The number of hydrogen-bond acceptors (Lipinski definition) is 2. The van der Waals surface area contributed by atoms with Crippen molar-refractivity contribution in [3.8, 4) is 0 Å². The van der Waals surface area contributed by atoms with E-state index in [4.69, 9.17) is 5.11 Å². The van der Waals surface area contributed by atoms with Crippen molar-refractivity contribution in [2.45, 2.75) is 6.10 Å². The van der Waals surface area contributed by atoms with E-state index in [1.807, 2.05) is 0 Å². The summed E-state index contributed by atoms with van der Waals surface area (Å²) >= 11 is 0. The molecule has 4 nitrogen and oxygen atoms in total. The fraction of sp³-hybridized carbons (Fsp3) is 0.300. The highest BCUT2D eigenvalue weighted by Crippen LogP contribution is 2.13. The van der Waals surface area contributed by atoms with Crippen LogP contribution in [0.2, 0.25) is 0 Å². The Hall–Kier alpha value is -1.62. The Bertz CT molecular complexity index is 377. The molecule has 80 valence electrons. The van der Waals surface area contributed by atoms with Gasteiger partial charge in [-0.15, -0.1) is 0 Å². The highest BCUT2D eigenvalue weighted by molar-refractivity contribution is 5.89. The monoisotopic (exact) mass is 210 g/mol. The Labute approximate surface area is 86.3 Å². The number of anilines is 1. The van der Waals surface area contributed by atoms with Crippen molar-refractivity contribution in [3.63, 3.8) is 0 Å². The predicted octanol–water partition coefficient (Wildman–Crippen LogP) is 1.03. The molecule has 1 heterocycles. The molecular weight excluding hydrogens is 199 g/mol. The Morgan fingerprint density at radius 3 is 2.87 bits per heavy atom. The molecule has 0 radical (unpaired) electrons. The molecule has 1 aromatic carbocycles. The molecule has 5 heteroatoms. The van der Waals surface area contributed by atoms with E-state index in [0.717, 1.165) is 0 Å². The Balaban J connectivity index is 1.94. The first-order chi connectivity index (χ1) is 7.15. The second kappa shape index (κ2) is 3.86. The maximum atomic E-state index is 12.8. The number of nitrogens with one attached hydrogen (secondary N) is 1. The molecule has 0 unspecified atom stereocenters. The molecule has 1 aliphatic heterocycles. The summed E-state index contributed by atoms with van der Waals surface area (Å²) in [6.07, 6.45) is -0.428. The lowest BCUT2D eigenvalue weighted by Gasteiger charge is -2.35. The van der Waals surface area contributed by atoms with Crippen molar-refractivity contribution >= 4 is 11.7 Å². The first kappa shape index (κ1) is 9.92. The number of urea groups is 1. The molecule has 0 aliphatic carbocycles. The van der Waals surface area contributed by atoms with E-state index in [1.54, 1.807) is 6.07 Å². The fourth-order valence-corrected chi connectivity index (χ4v) is 1.39. The molecule has 1 saturated heterocycles. The largest absolute Gasteiger partial charge is 0.389 e. The van der Waals surface area contributed by atoms with Gasteiger partial charge in [0.05, 0.1) is 19.2 Å². The molecule has 2 amide bonds. The number of halogens is 1. The minimum absolute atomic E-state index is 0.314. The average Bonchev–Trinajstić information content (AvgIpc) is 2.13. The van der Waals surface area contributed by atoms with Crippen LogP contribution in [0.4, 0.5) is 14.9 Å². The number of rotatable bonds is 1. The van der Waals surface area contributed by atoms with Crippen LogP contribution in [0.25, 0.3) is 0 Å². The van der Waals surface area contributed by atoms with Crippen molar-refractivity contribution in [2.75, 3.05) is 18.4 Å². The van der Waals surface area contributed by atoms with Gasteiger partial charge in [-0.1, -0.05) is 6.07 Å². The van der Waals surface area contributed by atoms with Crippen molar-refractivity contribution in [1.29, 1.82) is 0 Å². The highest BCUT2D eigenvalue weighted by Gasteiger charge is 2.28. The minimum Gasteiger partial charge on any atom is -0.389 e. The SMILES string of the molecule is O=C(Nc1cccc(F)c1)N1CC(O)C1. The summed E-state index contributed by atoms with van der Waals surface area (Å²) in [4.78, 5) is 12.9. The number of aliphatic hydroxyl groups excluding tert-OH is 1. The first-order valence-corrected chi connectivity index (χ1v) is 4.65. The van der Waals surface area contributed by atoms with E-state index in [0.29, 0.717) is 18.8 Å². The van der Waals surface area contributed by atoms with E-state index >= 15 is 0 Å². The molecule has 0 atom stereocenters. The number of carbonyl (C=O) groups excluding carboxylic acids is 1. The van der Waals surface area contributed by atoms with Gasteiger partial charge in [0, 0.05) is 5.69 Å². The van der Waals surface area contributed by atoms with Gasteiger partial charge in [0.1, 0.15) is 5.82 Å². The lowest BCUT2D eigenvalue weighted by atomic mass is 10.2. The number of β-amino-alcohol motifs (C(OH)–C–C–N with tert-alkyl or cyclic N) is 1. The van der Waals surface area contributed by atoms with Gasteiger partial charge in [0.15, 0.2) is 0 Å². The van der Waals surface area contributed by atoms with Crippen LogP contribution in [0.1, 0.15) is 0 Å². The van der Waals surface area contributed by atoms with Crippen molar-refractivity contribution in [1.82, 2.24) is 4.90 Å². The van der Waals surface area contributed by atoms with E-state index < -0.39 is 11.9 Å². The van der Waals surface area contributed by atoms with E-state index in [1.165, 1.54) is 23.1 Å². The lowest BCUT2D eigenvalue weighted by Crippen LogP contribution is -2.54. The number of aliphatic hydroxyl groups is 1. The third kappa shape index (κ3) is 2.24. The van der Waals surface area contributed by atoms with Crippen molar-refractivity contribution in [2.24, 2.45) is 0 Å². The topological polar surface area (TPSA) is 52.6 Å². The van der Waals surface area contributed by atoms with Gasteiger partial charge in [-0.25, -0.2) is 9.18 Å². The van der Waals surface area contributed by atoms with Gasteiger partial charge < -0.3 is 15.3 Å². The van der Waals surface area contributed by atoms with Crippen molar-refractivity contribution in [3.05, 3.63) is 30.1 Å². The third-order valence-corrected chi connectivity index (χ3v) is 2.23. The standard InChI is InChI=1S/C10H11FN2O2/c11-7-2-1-3-8(4-7)12-10(15)13-5-9(14)6-13/h1-4,9,14H,5-6H2,(H,12,15). The highest BCUT2D eigenvalue weighted by atomic mass is 19.1. The molecule has 2 N–H and O–H groups in total. The average molecular weight is 210 g/mol. The summed E-state index contributed by atoms with van der Waals surface area (Å²) < 4.78 is 12.8. The molecule has 1 fully saturated rings. The van der Waals surface area contributed by atoms with Crippen LogP contribution in [0.5, 0.6) is 0 Å². The summed E-state index contributed by atoms with van der Waals surface area (Å²) in [5.74, 6) is -0.392. The van der Waals surface area contributed by atoms with Gasteiger partial charge in [0.25, 0.3) is 0 Å². The van der Waals surface area contributed by atoms with Crippen LogP contribution >= 0.6 is 0 Å². The predicted molar refractivity (Wildman–Crippen MR) is 53.0 cm³/mol. The second-order valence-corrected chi connectivity index (χ2v) is 3.50. The lowest BCUT2D eigenvalue weighted by molar-refractivity contribution is 0.0309. The molecule has 0 saturated carbocycles. The van der Waals surface area contributed by atoms with Crippen LogP contribution in [0, 0.1) is 5.82 Å². The number of likely N-dealkylation sites (tertiary alicyclic amines) is 1. The quantitative estimate of drug-likeness (QED) is 0.727. The van der Waals surface area contributed by atoms with E-state index in [2.05, 4.69) is 5.32 Å². The summed E-state index contributed by atoms with van der Waals surface area (Å²) in [5, 5.41) is 11.5. The van der Waals surface area contributed by atoms with Crippen molar-refractivity contribution < 1.29 is 14.3 Å². The zero-order valence-electron chi connectivity index (χ0n) is 7.98. The Kier molecular flexibility index (Phi) is 2.55. The molecule has 0 spiro atoms. The van der Waals surface area contributed by atoms with E-state index in [-0.39, 0.29) is 6.03 Å². The molecule has 1 aromatic rings. The summed E-state index contributed by atoms with van der Waals surface area (Å²) in [5.41, 5.74) is 0.418. The zero-order valence-corrected chi connectivity index (χ0v) is 7.98. The van der Waals surface area contributed by atoms with Crippen LogP contribution in [-0.2, 0) is 0 Å². The Morgan fingerprint density at radius 1 is 1.53 bits per heavy atom. The summed E-state index contributed by atoms with van der Waals surface area (Å²) in [6.45, 7) is 0.669. The number of hydrogen-bond donors (Lipinski definition) is 2. The zero-order chi connectivity index (χ0) is 10.8. The first-order valence-electron chi connectivity index (χ1n) is 4.65. The van der Waals surface area contributed by atoms with Gasteiger partial charge in [-0.3, -0.25) is 0 Å². The molecule has 2 rings (SSSR count). The van der Waals surface area contributed by atoms with Crippen LogP contribution < -0.4 is 5.32 Å². The maximum Gasteiger partial charge on any atom is 0.322 e. The second-order valence-electron chi connectivity index (χ2n) is 3.50. The molecular formula is C10H11FN2O2. The molecule has 15 heavy (non-hydrogen) atoms. The number of carbonyl (C=O) groups is 1. The van der Waals surface area contributed by atoms with Crippen LogP contribution in [0.15, 0.2) is 24.3 Å². The number of amides is 2. The molecule has 0 bridgehead atoms. The summed E-state index contributed by atoms with van der Waals surface area (Å²) in [6, 6.07) is 5.37. The third-order valence-electron chi connectivity index (χ3n) is 2.23. The fourth-order valence-electron chi connectivity index (χ4n) is 1.39. The Morgan fingerprint density at radius 2 is 2.27 bits per heavy atom. The molecule has 0 aromatic heterocycles. The van der Waals surface area contributed by atoms with E-state index in [9.17, 15) is 9.18 Å². The van der Waals surface area contributed by atoms with Crippen LogP contribution in [0.3, 0.4) is 0 Å². The summed E-state index contributed by atoms with van der Waals surface area (Å²) in [7, 11) is 0. The number of nitrogens with zero attached hydrogens (tertiary/aromatic N) is 1. The maximum absolute atomic E-state index is 12.8.